The second-order valence-electron chi connectivity index (χ2n) is 3.92. The summed E-state index contributed by atoms with van der Waals surface area (Å²) < 4.78 is 27.5. The largest absolute Gasteiger partial charge is 0.269 e. The first kappa shape index (κ1) is 12.0. The van der Waals surface area contributed by atoms with Gasteiger partial charge in [-0.15, -0.1) is 10.2 Å². The van der Waals surface area contributed by atoms with Gasteiger partial charge in [-0.1, -0.05) is 13.8 Å². The van der Waals surface area contributed by atoms with Crippen molar-refractivity contribution >= 4 is 11.6 Å². The van der Waals surface area contributed by atoms with E-state index in [0.29, 0.717) is 11.5 Å². The van der Waals surface area contributed by atoms with Crippen LogP contribution in [0.4, 0.5) is 8.78 Å². The Balaban J connectivity index is 2.59. The molecule has 2 aromatic rings. The van der Waals surface area contributed by atoms with Crippen molar-refractivity contribution in [3.63, 3.8) is 0 Å². The Labute approximate surface area is 102 Å². The third-order valence-electron chi connectivity index (χ3n) is 2.33. The van der Waals surface area contributed by atoms with E-state index in [-0.39, 0.29) is 11.2 Å². The molecule has 0 aliphatic carbocycles. The van der Waals surface area contributed by atoms with Gasteiger partial charge in [-0.05, 0) is 23.7 Å². The van der Waals surface area contributed by atoms with Crippen molar-refractivity contribution in [1.82, 2.24) is 14.8 Å². The minimum Gasteiger partial charge on any atom is -0.269 e. The molecule has 0 radical (unpaired) electrons. The van der Waals surface area contributed by atoms with Crippen LogP contribution in [0.15, 0.2) is 18.2 Å². The van der Waals surface area contributed by atoms with Gasteiger partial charge in [0.15, 0.2) is 11.6 Å². The van der Waals surface area contributed by atoms with Gasteiger partial charge in [0.25, 0.3) is 0 Å². The van der Waals surface area contributed by atoms with Gasteiger partial charge in [-0.2, -0.15) is 0 Å². The molecular weight excluding hydrogens is 248 g/mol. The molecule has 0 unspecified atom stereocenters. The number of rotatable bonds is 2. The Bertz CT molecular complexity index is 552. The van der Waals surface area contributed by atoms with Crippen molar-refractivity contribution in [1.29, 1.82) is 0 Å². The van der Waals surface area contributed by atoms with Crippen LogP contribution < -0.4 is 0 Å². The standard InChI is InChI=1S/C11H10ClF2N3/c1-6(2)10-15-16-11(12)17(10)7-3-4-8(13)9(14)5-7/h3-6H,1-2H3. The summed E-state index contributed by atoms with van der Waals surface area (Å²) in [6, 6.07) is 3.54. The molecule has 0 aliphatic rings. The van der Waals surface area contributed by atoms with E-state index in [0.717, 1.165) is 12.1 Å². The third kappa shape index (κ3) is 2.15. The van der Waals surface area contributed by atoms with Crippen molar-refractivity contribution in [3.8, 4) is 5.69 Å². The number of hydrogen-bond acceptors (Lipinski definition) is 2. The Morgan fingerprint density at radius 2 is 1.88 bits per heavy atom. The van der Waals surface area contributed by atoms with Crippen LogP contribution in [0.2, 0.25) is 5.28 Å². The molecule has 0 aliphatic heterocycles. The zero-order chi connectivity index (χ0) is 12.6. The molecule has 0 saturated heterocycles. The SMILES string of the molecule is CC(C)c1nnc(Cl)n1-c1ccc(F)c(F)c1. The van der Waals surface area contributed by atoms with Crippen LogP contribution in [-0.2, 0) is 0 Å². The fraction of sp³-hybridized carbons (Fsp3) is 0.273. The molecule has 3 nitrogen and oxygen atoms in total. The summed E-state index contributed by atoms with van der Waals surface area (Å²) in [5.41, 5.74) is 0.405. The van der Waals surface area contributed by atoms with E-state index in [4.69, 9.17) is 11.6 Å². The van der Waals surface area contributed by atoms with E-state index in [9.17, 15) is 8.78 Å². The van der Waals surface area contributed by atoms with Gasteiger partial charge in [-0.25, -0.2) is 8.78 Å². The fourth-order valence-corrected chi connectivity index (χ4v) is 1.74. The zero-order valence-corrected chi connectivity index (χ0v) is 10.0. The highest BCUT2D eigenvalue weighted by Crippen LogP contribution is 2.23. The van der Waals surface area contributed by atoms with Gasteiger partial charge in [0, 0.05) is 12.0 Å². The monoisotopic (exact) mass is 257 g/mol. The molecule has 1 aromatic heterocycles. The normalized spacial score (nSPS) is 11.2. The second-order valence-corrected chi connectivity index (χ2v) is 4.25. The van der Waals surface area contributed by atoms with Gasteiger partial charge >= 0.3 is 0 Å². The maximum absolute atomic E-state index is 13.2. The molecule has 0 spiro atoms. The van der Waals surface area contributed by atoms with Gasteiger partial charge in [0.05, 0.1) is 5.69 Å². The average molecular weight is 258 g/mol. The minimum atomic E-state index is -0.929. The van der Waals surface area contributed by atoms with Crippen LogP contribution >= 0.6 is 11.6 Å². The Morgan fingerprint density at radius 1 is 1.18 bits per heavy atom. The van der Waals surface area contributed by atoms with E-state index in [1.807, 2.05) is 13.8 Å². The van der Waals surface area contributed by atoms with Crippen molar-refractivity contribution in [3.05, 3.63) is 40.9 Å². The zero-order valence-electron chi connectivity index (χ0n) is 9.28. The number of halogens is 3. The summed E-state index contributed by atoms with van der Waals surface area (Å²) in [5.74, 6) is -1.16. The predicted octanol–water partition coefficient (Wildman–Crippen LogP) is 3.32. The highest BCUT2D eigenvalue weighted by Gasteiger charge is 2.16. The quantitative estimate of drug-likeness (QED) is 0.826. The van der Waals surface area contributed by atoms with Gasteiger partial charge < -0.3 is 0 Å². The molecule has 0 saturated carbocycles. The Hall–Kier alpha value is -1.49. The predicted molar refractivity (Wildman–Crippen MR) is 60.4 cm³/mol. The molecule has 0 bridgehead atoms. The van der Waals surface area contributed by atoms with E-state index in [1.54, 1.807) is 0 Å². The van der Waals surface area contributed by atoms with Crippen molar-refractivity contribution in [2.75, 3.05) is 0 Å². The summed E-state index contributed by atoms with van der Waals surface area (Å²) in [7, 11) is 0. The smallest absolute Gasteiger partial charge is 0.229 e. The second kappa shape index (κ2) is 4.41. The molecule has 0 amide bonds. The van der Waals surface area contributed by atoms with Crippen LogP contribution in [0.25, 0.3) is 5.69 Å². The highest BCUT2D eigenvalue weighted by molar-refractivity contribution is 6.28. The van der Waals surface area contributed by atoms with E-state index in [2.05, 4.69) is 10.2 Å². The maximum atomic E-state index is 13.2. The van der Waals surface area contributed by atoms with Gasteiger partial charge in [-0.3, -0.25) is 4.57 Å². The van der Waals surface area contributed by atoms with Crippen molar-refractivity contribution < 1.29 is 8.78 Å². The molecule has 17 heavy (non-hydrogen) atoms. The van der Waals surface area contributed by atoms with Crippen LogP contribution in [-0.4, -0.2) is 14.8 Å². The topological polar surface area (TPSA) is 30.7 Å². The van der Waals surface area contributed by atoms with Crippen molar-refractivity contribution in [2.24, 2.45) is 0 Å². The first-order valence-electron chi connectivity index (χ1n) is 5.07. The lowest BCUT2D eigenvalue weighted by Crippen LogP contribution is -2.04. The average Bonchev–Trinajstić information content (AvgIpc) is 2.64. The minimum absolute atomic E-state index is 0.0723. The molecule has 90 valence electrons. The number of nitrogens with zero attached hydrogens (tertiary/aromatic N) is 3. The first-order valence-corrected chi connectivity index (χ1v) is 5.44. The molecule has 1 aromatic carbocycles. The van der Waals surface area contributed by atoms with Crippen LogP contribution in [0.5, 0.6) is 0 Å². The lowest BCUT2D eigenvalue weighted by Gasteiger charge is -2.10. The molecular formula is C11H10ClF2N3. The van der Waals surface area contributed by atoms with E-state index >= 15 is 0 Å². The molecule has 0 fully saturated rings. The van der Waals surface area contributed by atoms with Crippen LogP contribution in [0.3, 0.4) is 0 Å². The highest BCUT2D eigenvalue weighted by atomic mass is 35.5. The molecule has 0 N–H and O–H groups in total. The Kier molecular flexibility index (Phi) is 3.11. The summed E-state index contributed by atoms with van der Waals surface area (Å²) in [4.78, 5) is 0. The fourth-order valence-electron chi connectivity index (χ4n) is 1.51. The molecule has 2 rings (SSSR count). The summed E-state index contributed by atoms with van der Waals surface area (Å²) in [5, 5.41) is 7.76. The molecule has 1 heterocycles. The summed E-state index contributed by atoms with van der Waals surface area (Å²) in [6.07, 6.45) is 0. The van der Waals surface area contributed by atoms with E-state index in [1.165, 1.54) is 10.6 Å². The number of aromatic nitrogens is 3. The summed E-state index contributed by atoms with van der Waals surface area (Å²) in [6.45, 7) is 3.83. The van der Waals surface area contributed by atoms with Gasteiger partial charge in [0.2, 0.25) is 5.28 Å². The first-order chi connectivity index (χ1) is 8.00. The van der Waals surface area contributed by atoms with E-state index < -0.39 is 11.6 Å². The number of hydrogen-bond donors (Lipinski definition) is 0. The molecule has 0 atom stereocenters. The van der Waals surface area contributed by atoms with Gasteiger partial charge in [0.1, 0.15) is 5.82 Å². The lowest BCUT2D eigenvalue weighted by molar-refractivity contribution is 0.507. The van der Waals surface area contributed by atoms with Crippen LogP contribution in [0, 0.1) is 11.6 Å². The van der Waals surface area contributed by atoms with Crippen LogP contribution in [0.1, 0.15) is 25.6 Å². The van der Waals surface area contributed by atoms with Crippen molar-refractivity contribution in [2.45, 2.75) is 19.8 Å². The summed E-state index contributed by atoms with van der Waals surface area (Å²) >= 11 is 5.89. The maximum Gasteiger partial charge on any atom is 0.229 e. The number of benzene rings is 1. The third-order valence-corrected chi connectivity index (χ3v) is 2.57. The Morgan fingerprint density at radius 3 is 2.47 bits per heavy atom. The molecule has 6 heteroatoms. The lowest BCUT2D eigenvalue weighted by atomic mass is 10.2.